The van der Waals surface area contributed by atoms with Crippen molar-refractivity contribution >= 4 is 23.1 Å². The topological polar surface area (TPSA) is 58.2 Å². The van der Waals surface area contributed by atoms with E-state index in [9.17, 15) is 4.79 Å². The summed E-state index contributed by atoms with van der Waals surface area (Å²) in [6.07, 6.45) is 2.68. The van der Waals surface area contributed by atoms with Crippen molar-refractivity contribution in [1.82, 2.24) is 10.2 Å². The number of benzene rings is 1. The molecule has 0 atom stereocenters. The van der Waals surface area contributed by atoms with Crippen LogP contribution in [0.1, 0.15) is 17.4 Å². The molecule has 0 radical (unpaired) electrons. The van der Waals surface area contributed by atoms with Crippen LogP contribution in [0.25, 0.3) is 0 Å². The SMILES string of the molecule is CCc1ccc(OCC(=O)N(Cc2cccs2)c2cc[nH]n2)cc1. The van der Waals surface area contributed by atoms with Crippen LogP contribution in [0.4, 0.5) is 5.82 Å². The molecule has 3 rings (SSSR count). The van der Waals surface area contributed by atoms with E-state index < -0.39 is 0 Å². The Balaban J connectivity index is 1.66. The Kier molecular flexibility index (Phi) is 5.28. The number of ether oxygens (including phenoxy) is 1. The second-order valence-electron chi connectivity index (χ2n) is 5.28. The molecule has 2 aromatic heterocycles. The molecule has 124 valence electrons. The quantitative estimate of drug-likeness (QED) is 0.714. The molecule has 5 nitrogen and oxygen atoms in total. The van der Waals surface area contributed by atoms with Crippen molar-refractivity contribution in [2.45, 2.75) is 19.9 Å². The summed E-state index contributed by atoms with van der Waals surface area (Å²) >= 11 is 1.61. The highest BCUT2D eigenvalue weighted by Crippen LogP contribution is 2.18. The Morgan fingerprint density at radius 2 is 2.08 bits per heavy atom. The van der Waals surface area contributed by atoms with Gasteiger partial charge < -0.3 is 4.74 Å². The molecule has 24 heavy (non-hydrogen) atoms. The fraction of sp³-hybridized carbons (Fsp3) is 0.222. The van der Waals surface area contributed by atoms with Gasteiger partial charge in [0.25, 0.3) is 5.91 Å². The molecule has 0 saturated heterocycles. The standard InChI is InChI=1S/C18H19N3O2S/c1-2-14-5-7-15(8-6-14)23-13-18(22)21(17-9-10-19-20-17)12-16-4-3-11-24-16/h3-11H,2,12-13H2,1H3,(H,19,20). The minimum atomic E-state index is -0.130. The number of carbonyl (C=O) groups excluding carboxylic acids is 1. The summed E-state index contributed by atoms with van der Waals surface area (Å²) in [5.74, 6) is 1.16. The van der Waals surface area contributed by atoms with Gasteiger partial charge in [-0.3, -0.25) is 14.8 Å². The average molecular weight is 341 g/mol. The van der Waals surface area contributed by atoms with Gasteiger partial charge in [0.1, 0.15) is 5.75 Å². The number of aromatic nitrogens is 2. The number of H-pyrrole nitrogens is 1. The number of rotatable bonds is 7. The maximum atomic E-state index is 12.6. The van der Waals surface area contributed by atoms with Crippen molar-refractivity contribution in [3.05, 3.63) is 64.5 Å². The van der Waals surface area contributed by atoms with Crippen LogP contribution in [0.5, 0.6) is 5.75 Å². The van der Waals surface area contributed by atoms with E-state index in [1.807, 2.05) is 41.8 Å². The highest BCUT2D eigenvalue weighted by Gasteiger charge is 2.19. The predicted octanol–water partition coefficient (Wildman–Crippen LogP) is 3.65. The van der Waals surface area contributed by atoms with Gasteiger partial charge in [0.15, 0.2) is 12.4 Å². The van der Waals surface area contributed by atoms with E-state index in [0.29, 0.717) is 18.1 Å². The van der Waals surface area contributed by atoms with Gasteiger partial charge >= 0.3 is 0 Å². The van der Waals surface area contributed by atoms with Crippen molar-refractivity contribution in [2.75, 3.05) is 11.5 Å². The molecule has 6 heteroatoms. The molecule has 0 spiro atoms. The summed E-state index contributed by atoms with van der Waals surface area (Å²) in [6.45, 7) is 2.56. The molecule has 0 unspecified atom stereocenters. The highest BCUT2D eigenvalue weighted by atomic mass is 32.1. The number of thiophene rings is 1. The molecule has 0 bridgehead atoms. The first-order chi connectivity index (χ1) is 11.8. The number of amides is 1. The number of anilines is 1. The normalized spacial score (nSPS) is 10.5. The average Bonchev–Trinajstić information content (AvgIpc) is 3.31. The van der Waals surface area contributed by atoms with Gasteiger partial charge in [-0.1, -0.05) is 25.1 Å². The number of hydrogen-bond donors (Lipinski definition) is 1. The van der Waals surface area contributed by atoms with Crippen molar-refractivity contribution in [3.8, 4) is 5.75 Å². The molecule has 2 heterocycles. The van der Waals surface area contributed by atoms with E-state index in [1.54, 1.807) is 28.5 Å². The summed E-state index contributed by atoms with van der Waals surface area (Å²) in [5.41, 5.74) is 1.24. The van der Waals surface area contributed by atoms with Gasteiger partial charge in [0.05, 0.1) is 6.54 Å². The molecule has 0 aliphatic rings. The summed E-state index contributed by atoms with van der Waals surface area (Å²) in [6, 6.07) is 13.6. The number of hydrogen-bond acceptors (Lipinski definition) is 4. The summed E-state index contributed by atoms with van der Waals surface area (Å²) in [5, 5.41) is 8.87. The van der Waals surface area contributed by atoms with Crippen molar-refractivity contribution < 1.29 is 9.53 Å². The zero-order valence-electron chi connectivity index (χ0n) is 13.4. The van der Waals surface area contributed by atoms with Gasteiger partial charge in [-0.25, -0.2) is 0 Å². The van der Waals surface area contributed by atoms with Crippen LogP contribution in [0.15, 0.2) is 54.0 Å². The molecule has 1 aromatic carbocycles. The number of nitrogens with zero attached hydrogens (tertiary/aromatic N) is 2. The fourth-order valence-electron chi connectivity index (χ4n) is 2.30. The number of aryl methyl sites for hydroxylation is 1. The number of aromatic amines is 1. The van der Waals surface area contributed by atoms with Crippen LogP contribution in [-0.2, 0) is 17.8 Å². The Morgan fingerprint density at radius 1 is 1.25 bits per heavy atom. The van der Waals surface area contributed by atoms with Crippen LogP contribution in [0.3, 0.4) is 0 Å². The highest BCUT2D eigenvalue weighted by molar-refractivity contribution is 7.09. The summed E-state index contributed by atoms with van der Waals surface area (Å²) in [7, 11) is 0. The lowest BCUT2D eigenvalue weighted by Crippen LogP contribution is -2.34. The third-order valence-electron chi connectivity index (χ3n) is 3.65. The molecule has 0 aliphatic carbocycles. The van der Waals surface area contributed by atoms with Gasteiger partial charge in [-0.15, -0.1) is 11.3 Å². The third-order valence-corrected chi connectivity index (χ3v) is 4.51. The summed E-state index contributed by atoms with van der Waals surface area (Å²) < 4.78 is 5.64. The molecule has 3 aromatic rings. The van der Waals surface area contributed by atoms with E-state index in [4.69, 9.17) is 4.74 Å². The molecule has 0 fully saturated rings. The van der Waals surface area contributed by atoms with Crippen LogP contribution in [0.2, 0.25) is 0 Å². The second-order valence-corrected chi connectivity index (χ2v) is 6.31. The zero-order chi connectivity index (χ0) is 16.8. The van der Waals surface area contributed by atoms with Gasteiger partial charge in [0.2, 0.25) is 0 Å². The summed E-state index contributed by atoms with van der Waals surface area (Å²) in [4.78, 5) is 15.3. The monoisotopic (exact) mass is 341 g/mol. The van der Waals surface area contributed by atoms with Gasteiger partial charge in [-0.2, -0.15) is 5.10 Å². The van der Waals surface area contributed by atoms with Crippen molar-refractivity contribution in [3.63, 3.8) is 0 Å². The predicted molar refractivity (Wildman–Crippen MR) is 95.4 cm³/mol. The van der Waals surface area contributed by atoms with Crippen LogP contribution >= 0.6 is 11.3 Å². The third kappa shape index (κ3) is 4.02. The molecular weight excluding hydrogens is 322 g/mol. The maximum absolute atomic E-state index is 12.6. The van der Waals surface area contributed by atoms with E-state index in [0.717, 1.165) is 11.3 Å². The molecule has 1 amide bonds. The number of nitrogens with one attached hydrogen (secondary N) is 1. The van der Waals surface area contributed by atoms with Crippen molar-refractivity contribution in [1.29, 1.82) is 0 Å². The molecule has 1 N–H and O–H groups in total. The Morgan fingerprint density at radius 3 is 2.71 bits per heavy atom. The lowest BCUT2D eigenvalue weighted by molar-refractivity contribution is -0.120. The zero-order valence-corrected chi connectivity index (χ0v) is 14.3. The Labute approximate surface area is 144 Å². The van der Waals surface area contributed by atoms with Gasteiger partial charge in [0, 0.05) is 17.1 Å². The maximum Gasteiger partial charge on any atom is 0.266 e. The van der Waals surface area contributed by atoms with E-state index in [-0.39, 0.29) is 12.5 Å². The van der Waals surface area contributed by atoms with E-state index in [2.05, 4.69) is 17.1 Å². The smallest absolute Gasteiger partial charge is 0.266 e. The lowest BCUT2D eigenvalue weighted by atomic mass is 10.2. The van der Waals surface area contributed by atoms with Crippen molar-refractivity contribution in [2.24, 2.45) is 0 Å². The minimum Gasteiger partial charge on any atom is -0.484 e. The lowest BCUT2D eigenvalue weighted by Gasteiger charge is -2.19. The Bertz CT molecular complexity index is 752. The molecular formula is C18H19N3O2S. The van der Waals surface area contributed by atoms with Gasteiger partial charge in [-0.05, 0) is 35.6 Å². The van der Waals surface area contributed by atoms with Crippen LogP contribution in [0, 0.1) is 0 Å². The second kappa shape index (κ2) is 7.79. The Hall–Kier alpha value is -2.60. The first-order valence-corrected chi connectivity index (χ1v) is 8.68. The first-order valence-electron chi connectivity index (χ1n) is 7.80. The molecule has 0 aliphatic heterocycles. The van der Waals surface area contributed by atoms with E-state index >= 15 is 0 Å². The number of carbonyl (C=O) groups is 1. The van der Waals surface area contributed by atoms with Crippen LogP contribution < -0.4 is 9.64 Å². The fourth-order valence-corrected chi connectivity index (χ4v) is 3.00. The molecule has 0 saturated carbocycles. The largest absolute Gasteiger partial charge is 0.484 e. The van der Waals surface area contributed by atoms with E-state index in [1.165, 1.54) is 5.56 Å². The van der Waals surface area contributed by atoms with Crippen LogP contribution in [-0.4, -0.2) is 22.7 Å². The minimum absolute atomic E-state index is 0.0241. The first kappa shape index (κ1) is 16.3.